The minimum Gasteiger partial charge on any atom is -0.441 e. The molecule has 0 saturated carbocycles. The number of fused-ring (bicyclic) bond motifs is 1. The van der Waals surface area contributed by atoms with Gasteiger partial charge in [-0.25, -0.2) is 9.78 Å². The second kappa shape index (κ2) is 6.39. The summed E-state index contributed by atoms with van der Waals surface area (Å²) in [6.45, 7) is 6.27. The number of hydrogen-bond acceptors (Lipinski definition) is 4. The monoisotopic (exact) mass is 289 g/mol. The van der Waals surface area contributed by atoms with E-state index >= 15 is 0 Å². The molecule has 0 aliphatic heterocycles. The number of nitrogens with zero attached hydrogens (tertiary/aromatic N) is 1. The lowest BCUT2D eigenvalue weighted by Gasteiger charge is -2.08. The Kier molecular flexibility index (Phi) is 4.57. The number of aryl methyl sites for hydroxylation is 2. The highest BCUT2D eigenvalue weighted by Gasteiger charge is 2.09. The number of aromatic amines is 1. The van der Waals surface area contributed by atoms with Crippen LogP contribution in [0.2, 0.25) is 0 Å². The highest BCUT2D eigenvalue weighted by Crippen LogP contribution is 2.15. The number of ether oxygens (including phenoxy) is 1. The smallest absolute Gasteiger partial charge is 0.407 e. The number of rotatable bonds is 4. The van der Waals surface area contributed by atoms with E-state index in [4.69, 9.17) is 4.74 Å². The third-order valence-electron chi connectivity index (χ3n) is 3.06. The van der Waals surface area contributed by atoms with E-state index in [-0.39, 0.29) is 12.2 Å². The van der Waals surface area contributed by atoms with Crippen molar-refractivity contribution in [2.75, 3.05) is 6.54 Å². The van der Waals surface area contributed by atoms with Gasteiger partial charge in [0.25, 0.3) is 5.56 Å². The number of nitrogens with one attached hydrogen (secondary N) is 2. The molecule has 0 radical (unpaired) electrons. The Morgan fingerprint density at radius 3 is 2.86 bits per heavy atom. The largest absolute Gasteiger partial charge is 0.441 e. The molecule has 2 aromatic rings. The fourth-order valence-electron chi connectivity index (χ4n) is 2.18. The molecule has 2 N–H and O–H groups in total. The van der Waals surface area contributed by atoms with E-state index in [0.29, 0.717) is 23.3 Å². The van der Waals surface area contributed by atoms with E-state index in [9.17, 15) is 9.59 Å². The summed E-state index contributed by atoms with van der Waals surface area (Å²) in [5.41, 5.74) is 2.31. The maximum atomic E-state index is 12.1. The van der Waals surface area contributed by atoms with Crippen molar-refractivity contribution in [2.45, 2.75) is 33.8 Å². The first-order valence-corrected chi connectivity index (χ1v) is 6.92. The van der Waals surface area contributed by atoms with Gasteiger partial charge in [-0.3, -0.25) is 4.79 Å². The number of carbonyl (C=O) groups is 1. The molecule has 1 amide bonds. The zero-order chi connectivity index (χ0) is 15.4. The first-order chi connectivity index (χ1) is 10.0. The number of benzene rings is 1. The first-order valence-electron chi connectivity index (χ1n) is 6.92. The number of H-pyrrole nitrogens is 1. The zero-order valence-corrected chi connectivity index (χ0v) is 12.4. The fourth-order valence-corrected chi connectivity index (χ4v) is 2.18. The van der Waals surface area contributed by atoms with Gasteiger partial charge in [0, 0.05) is 6.54 Å². The third-order valence-corrected chi connectivity index (χ3v) is 3.06. The van der Waals surface area contributed by atoms with Crippen molar-refractivity contribution in [2.24, 2.45) is 0 Å². The van der Waals surface area contributed by atoms with Crippen molar-refractivity contribution >= 4 is 17.0 Å². The summed E-state index contributed by atoms with van der Waals surface area (Å²) in [6, 6.07) is 3.78. The van der Waals surface area contributed by atoms with Gasteiger partial charge < -0.3 is 15.0 Å². The molecule has 0 saturated heterocycles. The van der Waals surface area contributed by atoms with Crippen molar-refractivity contribution < 1.29 is 9.53 Å². The minimum absolute atomic E-state index is 0.0618. The number of carbonyl (C=O) groups excluding carboxylic acids is 1. The van der Waals surface area contributed by atoms with Gasteiger partial charge in [-0.1, -0.05) is 13.0 Å². The Balaban J connectivity index is 2.22. The summed E-state index contributed by atoms with van der Waals surface area (Å²) in [7, 11) is 0. The molecule has 0 fully saturated rings. The quantitative estimate of drug-likeness (QED) is 0.903. The van der Waals surface area contributed by atoms with E-state index in [1.165, 1.54) is 0 Å². The number of alkyl carbamates (subject to hydrolysis) is 1. The van der Waals surface area contributed by atoms with Crippen molar-refractivity contribution in [3.05, 3.63) is 39.4 Å². The minimum atomic E-state index is -0.514. The number of aromatic nitrogens is 2. The summed E-state index contributed by atoms with van der Waals surface area (Å²) in [4.78, 5) is 30.5. The van der Waals surface area contributed by atoms with Gasteiger partial charge in [0.1, 0.15) is 5.82 Å². The highest BCUT2D eigenvalue weighted by molar-refractivity contribution is 5.81. The molecule has 1 aromatic heterocycles. The lowest BCUT2D eigenvalue weighted by Crippen LogP contribution is -2.25. The summed E-state index contributed by atoms with van der Waals surface area (Å²) >= 11 is 0. The van der Waals surface area contributed by atoms with E-state index in [0.717, 1.165) is 17.5 Å². The van der Waals surface area contributed by atoms with Gasteiger partial charge in [0.2, 0.25) is 0 Å². The second-order valence-electron chi connectivity index (χ2n) is 4.99. The molecule has 112 valence electrons. The van der Waals surface area contributed by atoms with E-state index in [1.807, 2.05) is 32.9 Å². The molecule has 0 aliphatic carbocycles. The normalized spacial score (nSPS) is 10.6. The van der Waals surface area contributed by atoms with E-state index in [1.54, 1.807) is 0 Å². The molecule has 0 unspecified atom stereocenters. The third kappa shape index (κ3) is 3.59. The molecule has 0 aliphatic rings. The lowest BCUT2D eigenvalue weighted by atomic mass is 10.1. The topological polar surface area (TPSA) is 84.1 Å². The van der Waals surface area contributed by atoms with Crippen LogP contribution in [0.5, 0.6) is 0 Å². The molecule has 21 heavy (non-hydrogen) atoms. The van der Waals surface area contributed by atoms with Gasteiger partial charge in [0.15, 0.2) is 6.61 Å². The number of hydrogen-bond donors (Lipinski definition) is 2. The summed E-state index contributed by atoms with van der Waals surface area (Å²) in [5, 5.41) is 3.16. The predicted octanol–water partition coefficient (Wildman–Crippen LogP) is 2.18. The molecule has 6 nitrogen and oxygen atoms in total. The molecule has 2 rings (SSSR count). The second-order valence-corrected chi connectivity index (χ2v) is 4.99. The Labute approximate surface area is 122 Å². The summed E-state index contributed by atoms with van der Waals surface area (Å²) in [6.07, 6.45) is 0.318. The van der Waals surface area contributed by atoms with Crippen molar-refractivity contribution in [3.8, 4) is 0 Å². The zero-order valence-electron chi connectivity index (χ0n) is 12.4. The standard InChI is InChI=1S/C15H19N3O3/c1-4-5-16-15(20)21-8-12-17-11-7-9(2)6-10(3)13(11)14(19)18-12/h6-7H,4-5,8H2,1-3H3,(H,16,20)(H,17,18,19). The van der Waals surface area contributed by atoms with Crippen LogP contribution in [0.25, 0.3) is 10.9 Å². The predicted molar refractivity (Wildman–Crippen MR) is 80.3 cm³/mol. The van der Waals surface area contributed by atoms with Crippen molar-refractivity contribution in [1.82, 2.24) is 15.3 Å². The molecular formula is C15H19N3O3. The Morgan fingerprint density at radius 2 is 2.14 bits per heavy atom. The van der Waals surface area contributed by atoms with Crippen LogP contribution in [0, 0.1) is 13.8 Å². The molecule has 0 spiro atoms. The van der Waals surface area contributed by atoms with Crippen LogP contribution < -0.4 is 10.9 Å². The van der Waals surface area contributed by atoms with Gasteiger partial charge in [-0.2, -0.15) is 0 Å². The molecule has 1 aromatic carbocycles. The van der Waals surface area contributed by atoms with Gasteiger partial charge in [0.05, 0.1) is 10.9 Å². The van der Waals surface area contributed by atoms with E-state index in [2.05, 4.69) is 15.3 Å². The molecule has 0 bridgehead atoms. The molecule has 6 heteroatoms. The van der Waals surface area contributed by atoms with Gasteiger partial charge in [-0.15, -0.1) is 0 Å². The highest BCUT2D eigenvalue weighted by atomic mass is 16.5. The van der Waals surface area contributed by atoms with E-state index < -0.39 is 6.09 Å². The van der Waals surface area contributed by atoms with Crippen LogP contribution in [0.3, 0.4) is 0 Å². The van der Waals surface area contributed by atoms with Crippen LogP contribution in [0.15, 0.2) is 16.9 Å². The molecular weight excluding hydrogens is 270 g/mol. The maximum Gasteiger partial charge on any atom is 0.407 e. The fraction of sp³-hybridized carbons (Fsp3) is 0.400. The van der Waals surface area contributed by atoms with Crippen molar-refractivity contribution in [3.63, 3.8) is 0 Å². The summed E-state index contributed by atoms with van der Waals surface area (Å²) in [5.74, 6) is 0.337. The molecule has 0 atom stereocenters. The maximum absolute atomic E-state index is 12.1. The van der Waals surface area contributed by atoms with Crippen LogP contribution in [0.1, 0.15) is 30.3 Å². The SMILES string of the molecule is CCCNC(=O)OCc1nc2cc(C)cc(C)c2c(=O)[nH]1. The average Bonchev–Trinajstić information content (AvgIpc) is 2.41. The van der Waals surface area contributed by atoms with Crippen LogP contribution in [-0.2, 0) is 11.3 Å². The molecule has 1 heterocycles. The van der Waals surface area contributed by atoms with Crippen LogP contribution >= 0.6 is 0 Å². The Bertz CT molecular complexity index is 722. The lowest BCUT2D eigenvalue weighted by molar-refractivity contribution is 0.137. The Morgan fingerprint density at radius 1 is 1.38 bits per heavy atom. The van der Waals surface area contributed by atoms with Crippen LogP contribution in [0.4, 0.5) is 4.79 Å². The first kappa shape index (κ1) is 15.0. The Hall–Kier alpha value is -2.37. The number of amides is 1. The average molecular weight is 289 g/mol. The van der Waals surface area contributed by atoms with Crippen LogP contribution in [-0.4, -0.2) is 22.6 Å². The van der Waals surface area contributed by atoms with Gasteiger partial charge in [-0.05, 0) is 37.5 Å². The van der Waals surface area contributed by atoms with Gasteiger partial charge >= 0.3 is 6.09 Å². The van der Waals surface area contributed by atoms with Crippen molar-refractivity contribution in [1.29, 1.82) is 0 Å². The summed E-state index contributed by atoms with van der Waals surface area (Å²) < 4.78 is 5.01.